The highest BCUT2D eigenvalue weighted by atomic mass is 35.5. The van der Waals surface area contributed by atoms with Crippen molar-refractivity contribution in [1.29, 1.82) is 0 Å². The molecule has 5 heterocycles. The minimum Gasteiger partial charge on any atom is -0.475 e. The molecule has 0 aromatic carbocycles. The van der Waals surface area contributed by atoms with Crippen LogP contribution in [0.2, 0.25) is 5.02 Å². The van der Waals surface area contributed by atoms with Gasteiger partial charge in [-0.3, -0.25) is 15.2 Å². The predicted molar refractivity (Wildman–Crippen MR) is 130 cm³/mol. The molecule has 1 unspecified atom stereocenters. The molecule has 0 aliphatic carbocycles. The molecule has 182 valence electrons. The summed E-state index contributed by atoms with van der Waals surface area (Å²) in [4.78, 5) is 34.5. The number of urea groups is 1. The lowest BCUT2D eigenvalue weighted by Gasteiger charge is -2.36. The first-order valence-corrected chi connectivity index (χ1v) is 11.5. The number of nitrogens with zero attached hydrogens (tertiary/aromatic N) is 6. The Bertz CT molecular complexity index is 1260. The molecule has 2 amide bonds. The molecule has 2 aliphatic rings. The number of halogens is 1. The number of fused-ring (bicyclic) bond motifs is 4. The molecule has 0 radical (unpaired) electrons. The van der Waals surface area contributed by atoms with E-state index in [0.717, 1.165) is 29.9 Å². The first-order valence-electron chi connectivity index (χ1n) is 11.2. The number of hydrogen-bond acceptors (Lipinski definition) is 9. The van der Waals surface area contributed by atoms with Crippen LogP contribution in [0.5, 0.6) is 5.88 Å². The summed E-state index contributed by atoms with van der Waals surface area (Å²) >= 11 is 6.63. The Balaban J connectivity index is 1.44. The Morgan fingerprint density at radius 1 is 1.31 bits per heavy atom. The van der Waals surface area contributed by atoms with Gasteiger partial charge >= 0.3 is 6.03 Å². The number of amides is 2. The minimum atomic E-state index is -1.03. The van der Waals surface area contributed by atoms with Crippen molar-refractivity contribution in [1.82, 2.24) is 19.9 Å². The van der Waals surface area contributed by atoms with Crippen LogP contribution in [0.3, 0.4) is 0 Å². The number of hydrogen-bond donors (Lipinski definition) is 3. The smallest absolute Gasteiger partial charge is 0.329 e. The number of aromatic nitrogens is 4. The highest BCUT2D eigenvalue weighted by molar-refractivity contribution is 6.33. The number of aliphatic hydroxyl groups is 2. The lowest BCUT2D eigenvalue weighted by molar-refractivity contribution is 0.0521. The predicted octanol–water partition coefficient (Wildman–Crippen LogP) is 2.26. The third-order valence-corrected chi connectivity index (χ3v) is 6.22. The van der Waals surface area contributed by atoms with Crippen LogP contribution in [0.4, 0.5) is 22.1 Å². The fourth-order valence-corrected chi connectivity index (χ4v) is 4.53. The van der Waals surface area contributed by atoms with E-state index in [0.29, 0.717) is 23.1 Å². The lowest BCUT2D eigenvalue weighted by Crippen LogP contribution is -2.48. The third kappa shape index (κ3) is 4.70. The van der Waals surface area contributed by atoms with E-state index < -0.39 is 12.7 Å². The van der Waals surface area contributed by atoms with Gasteiger partial charge in [-0.05, 0) is 31.5 Å². The van der Waals surface area contributed by atoms with Crippen LogP contribution in [-0.4, -0.2) is 74.6 Å². The number of ether oxygens (including phenoxy) is 1. The monoisotopic (exact) mass is 497 g/mol. The van der Waals surface area contributed by atoms with Gasteiger partial charge in [0, 0.05) is 36.6 Å². The molecule has 1 saturated heterocycles. The van der Waals surface area contributed by atoms with Gasteiger partial charge in [0.15, 0.2) is 5.82 Å². The maximum atomic E-state index is 13.5. The van der Waals surface area contributed by atoms with Crippen LogP contribution in [0.15, 0.2) is 36.8 Å². The van der Waals surface area contributed by atoms with Gasteiger partial charge in [0.1, 0.15) is 24.9 Å². The van der Waals surface area contributed by atoms with E-state index in [1.165, 1.54) is 12.4 Å². The molecule has 3 N–H and O–H groups in total. The van der Waals surface area contributed by atoms with E-state index in [2.05, 4.69) is 25.2 Å². The van der Waals surface area contributed by atoms with Gasteiger partial charge < -0.3 is 19.8 Å². The molecule has 2 atom stereocenters. The zero-order chi connectivity index (χ0) is 24.5. The van der Waals surface area contributed by atoms with E-state index in [1.54, 1.807) is 11.1 Å². The summed E-state index contributed by atoms with van der Waals surface area (Å²) in [6, 6.07) is 6.61. The van der Waals surface area contributed by atoms with Crippen LogP contribution in [0.25, 0.3) is 11.3 Å². The quantitative estimate of drug-likeness (QED) is 0.468. The number of anilines is 3. The fraction of sp³-hybridized carbons (Fsp3) is 0.348. The third-order valence-electron chi connectivity index (χ3n) is 5.93. The highest BCUT2D eigenvalue weighted by Crippen LogP contribution is 2.43. The standard InChI is InChI=1S/C23H24ClN7O4/c1-13-6-14(2-4-25-13)21-17(24)7-18-22(29-21)31(15-3-5-30(18)9-15)23(34)28-19-8-20(27-12-26-19)35-11-16(33)10-32/h2,4,6-8,12,15-16,32-33H,3,5,9-11H2,1H3,(H,26,27,28,34)/t15-,16?/m0/s1. The van der Waals surface area contributed by atoms with Crippen LogP contribution in [-0.2, 0) is 0 Å². The normalized spacial score (nSPS) is 17.2. The second-order valence-electron chi connectivity index (χ2n) is 8.42. The Labute approximate surface area is 206 Å². The molecular formula is C23H24ClN7O4. The Morgan fingerprint density at radius 3 is 2.97 bits per heavy atom. The summed E-state index contributed by atoms with van der Waals surface area (Å²) in [5.74, 6) is 0.926. The second-order valence-corrected chi connectivity index (χ2v) is 8.83. The van der Waals surface area contributed by atoms with Crippen LogP contribution < -0.4 is 19.9 Å². The van der Waals surface area contributed by atoms with Gasteiger partial charge in [-0.2, -0.15) is 0 Å². The van der Waals surface area contributed by atoms with Gasteiger partial charge in [-0.15, -0.1) is 0 Å². The molecule has 2 aliphatic heterocycles. The number of nitrogens with one attached hydrogen (secondary N) is 1. The van der Waals surface area contributed by atoms with Gasteiger partial charge in [0.25, 0.3) is 0 Å². The first-order chi connectivity index (χ1) is 16.9. The number of aliphatic hydroxyl groups excluding tert-OH is 2. The maximum absolute atomic E-state index is 13.5. The first kappa shape index (κ1) is 23.2. The van der Waals surface area contributed by atoms with Gasteiger partial charge in [0.2, 0.25) is 5.88 Å². The van der Waals surface area contributed by atoms with E-state index in [-0.39, 0.29) is 30.4 Å². The summed E-state index contributed by atoms with van der Waals surface area (Å²) in [6.07, 6.45) is 2.71. The minimum absolute atomic E-state index is 0.0551. The fourth-order valence-electron chi connectivity index (χ4n) is 4.27. The summed E-state index contributed by atoms with van der Waals surface area (Å²) < 4.78 is 5.35. The van der Waals surface area contributed by atoms with Crippen molar-refractivity contribution in [2.24, 2.45) is 0 Å². The Kier molecular flexibility index (Phi) is 6.37. The Morgan fingerprint density at radius 2 is 2.17 bits per heavy atom. The van der Waals surface area contributed by atoms with Crippen molar-refractivity contribution in [3.05, 3.63) is 47.5 Å². The molecule has 11 nitrogen and oxygen atoms in total. The Hall–Kier alpha value is -3.54. The number of rotatable bonds is 6. The van der Waals surface area contributed by atoms with Gasteiger partial charge in [-0.25, -0.2) is 19.7 Å². The van der Waals surface area contributed by atoms with Gasteiger partial charge in [-0.1, -0.05) is 11.6 Å². The summed E-state index contributed by atoms with van der Waals surface area (Å²) in [7, 11) is 0. The molecule has 0 saturated carbocycles. The van der Waals surface area contributed by atoms with Crippen molar-refractivity contribution in [2.75, 3.05) is 41.4 Å². The van der Waals surface area contributed by atoms with Crippen molar-refractivity contribution in [3.8, 4) is 17.1 Å². The molecule has 12 heteroatoms. The summed E-state index contributed by atoms with van der Waals surface area (Å²) in [5.41, 5.74) is 3.04. The molecule has 2 bridgehead atoms. The summed E-state index contributed by atoms with van der Waals surface area (Å²) in [5, 5.41) is 21.7. The molecular weight excluding hydrogens is 474 g/mol. The zero-order valence-corrected chi connectivity index (χ0v) is 19.7. The van der Waals surface area contributed by atoms with Gasteiger partial charge in [0.05, 0.1) is 29.1 Å². The second kappa shape index (κ2) is 9.61. The SMILES string of the molecule is Cc1cc(-c2nc3c(cc2Cl)N2CC[C@@H](C2)N3C(=O)Nc2cc(OCC(O)CO)ncn2)ccn1. The molecule has 3 aromatic heterocycles. The van der Waals surface area contributed by atoms with Crippen molar-refractivity contribution < 1.29 is 19.7 Å². The van der Waals surface area contributed by atoms with E-state index in [1.807, 2.05) is 25.1 Å². The van der Waals surface area contributed by atoms with E-state index >= 15 is 0 Å². The van der Waals surface area contributed by atoms with Crippen LogP contribution >= 0.6 is 11.6 Å². The number of carbonyl (C=O) groups excluding carboxylic acids is 1. The molecule has 0 spiro atoms. The molecule has 3 aromatic rings. The molecule has 1 fully saturated rings. The van der Waals surface area contributed by atoms with Crippen molar-refractivity contribution in [3.63, 3.8) is 0 Å². The van der Waals surface area contributed by atoms with E-state index in [9.17, 15) is 9.90 Å². The van der Waals surface area contributed by atoms with E-state index in [4.69, 9.17) is 26.4 Å². The lowest BCUT2D eigenvalue weighted by atomic mass is 10.1. The van der Waals surface area contributed by atoms with Crippen molar-refractivity contribution in [2.45, 2.75) is 25.5 Å². The number of pyridine rings is 2. The number of aryl methyl sites for hydroxylation is 1. The zero-order valence-electron chi connectivity index (χ0n) is 18.9. The topological polar surface area (TPSA) is 137 Å². The van der Waals surface area contributed by atoms with Crippen LogP contribution in [0.1, 0.15) is 12.1 Å². The largest absolute Gasteiger partial charge is 0.475 e. The average Bonchev–Trinajstić information content (AvgIpc) is 3.27. The molecule has 35 heavy (non-hydrogen) atoms. The highest BCUT2D eigenvalue weighted by Gasteiger charge is 2.41. The van der Waals surface area contributed by atoms with Crippen LogP contribution in [0, 0.1) is 6.92 Å². The average molecular weight is 498 g/mol. The maximum Gasteiger partial charge on any atom is 0.329 e. The van der Waals surface area contributed by atoms with Crippen molar-refractivity contribution >= 4 is 35.0 Å². The molecule has 5 rings (SSSR count). The number of carbonyl (C=O) groups is 1. The summed E-state index contributed by atoms with van der Waals surface area (Å²) in [6.45, 7) is 2.81.